The van der Waals surface area contributed by atoms with Crippen LogP contribution in [0.3, 0.4) is 0 Å². The molecule has 0 spiro atoms. The Bertz CT molecular complexity index is 203. The Morgan fingerprint density at radius 3 is 2.38 bits per heavy atom. The van der Waals surface area contributed by atoms with Crippen molar-refractivity contribution in [2.45, 2.75) is 77.9 Å². The summed E-state index contributed by atoms with van der Waals surface area (Å²) < 4.78 is 5.63. The summed E-state index contributed by atoms with van der Waals surface area (Å²) in [5.74, 6) is -0.865. The van der Waals surface area contributed by atoms with Crippen LogP contribution in [0.1, 0.15) is 66.2 Å². The molecule has 0 fully saturated rings. The van der Waals surface area contributed by atoms with E-state index in [0.717, 1.165) is 12.8 Å². The van der Waals surface area contributed by atoms with Crippen molar-refractivity contribution < 1.29 is 14.6 Å². The van der Waals surface area contributed by atoms with E-state index in [1.54, 1.807) is 6.92 Å². The molecular formula is C13H26O3. The van der Waals surface area contributed by atoms with Crippen molar-refractivity contribution in [2.24, 2.45) is 0 Å². The summed E-state index contributed by atoms with van der Waals surface area (Å²) in [6.45, 7) is 7.64. The van der Waals surface area contributed by atoms with Gasteiger partial charge >= 0.3 is 5.97 Å². The number of rotatable bonds is 9. The van der Waals surface area contributed by atoms with E-state index in [0.29, 0.717) is 6.42 Å². The first kappa shape index (κ1) is 15.4. The van der Waals surface area contributed by atoms with E-state index >= 15 is 0 Å². The van der Waals surface area contributed by atoms with Gasteiger partial charge in [0.1, 0.15) is 0 Å². The van der Waals surface area contributed by atoms with Crippen LogP contribution >= 0.6 is 0 Å². The smallest absolute Gasteiger partial charge is 0.335 e. The molecule has 0 saturated heterocycles. The number of unbranched alkanes of at least 4 members (excludes halogenated alkanes) is 3. The van der Waals surface area contributed by atoms with Crippen LogP contribution in [0.2, 0.25) is 0 Å². The van der Waals surface area contributed by atoms with Crippen LogP contribution in [0.15, 0.2) is 0 Å². The Labute approximate surface area is 99.2 Å². The summed E-state index contributed by atoms with van der Waals surface area (Å²) in [4.78, 5) is 11.0. The third-order valence-corrected chi connectivity index (χ3v) is 3.05. The second-order valence-electron chi connectivity index (χ2n) is 4.67. The van der Waals surface area contributed by atoms with Crippen molar-refractivity contribution >= 4 is 5.97 Å². The van der Waals surface area contributed by atoms with Gasteiger partial charge in [0, 0.05) is 0 Å². The molecule has 0 heterocycles. The summed E-state index contributed by atoms with van der Waals surface area (Å²) in [6.07, 6.45) is 6.27. The summed E-state index contributed by atoms with van der Waals surface area (Å²) in [6, 6.07) is 0. The molecular weight excluding hydrogens is 204 g/mol. The van der Waals surface area contributed by atoms with E-state index < -0.39 is 11.6 Å². The zero-order chi connectivity index (χ0) is 12.6. The van der Waals surface area contributed by atoms with Crippen molar-refractivity contribution in [3.8, 4) is 0 Å². The molecule has 0 aliphatic rings. The fourth-order valence-electron chi connectivity index (χ4n) is 1.65. The molecule has 2 atom stereocenters. The molecule has 16 heavy (non-hydrogen) atoms. The van der Waals surface area contributed by atoms with Gasteiger partial charge in [-0.25, -0.2) is 4.79 Å². The van der Waals surface area contributed by atoms with Gasteiger partial charge in [0.2, 0.25) is 0 Å². The molecule has 0 radical (unpaired) electrons. The van der Waals surface area contributed by atoms with Crippen LogP contribution in [0.4, 0.5) is 0 Å². The largest absolute Gasteiger partial charge is 0.479 e. The van der Waals surface area contributed by atoms with Crippen molar-refractivity contribution in [3.63, 3.8) is 0 Å². The lowest BCUT2D eigenvalue weighted by Gasteiger charge is -2.27. The lowest BCUT2D eigenvalue weighted by Crippen LogP contribution is -2.40. The molecule has 0 aliphatic carbocycles. The topological polar surface area (TPSA) is 46.5 Å². The SMILES string of the molecule is CCCCCCC(C)OC(C)(CC)C(=O)O. The number of ether oxygens (including phenoxy) is 1. The third kappa shape index (κ3) is 5.50. The van der Waals surface area contributed by atoms with Gasteiger partial charge in [-0.15, -0.1) is 0 Å². The first-order valence-corrected chi connectivity index (χ1v) is 6.37. The number of hydrogen-bond donors (Lipinski definition) is 1. The monoisotopic (exact) mass is 230 g/mol. The highest BCUT2D eigenvalue weighted by molar-refractivity contribution is 5.76. The lowest BCUT2D eigenvalue weighted by atomic mass is 10.0. The van der Waals surface area contributed by atoms with Crippen LogP contribution in [0.25, 0.3) is 0 Å². The van der Waals surface area contributed by atoms with Crippen LogP contribution in [0, 0.1) is 0 Å². The molecule has 0 rings (SSSR count). The van der Waals surface area contributed by atoms with E-state index in [9.17, 15) is 4.79 Å². The highest BCUT2D eigenvalue weighted by Gasteiger charge is 2.33. The minimum absolute atomic E-state index is 0.0258. The van der Waals surface area contributed by atoms with E-state index in [-0.39, 0.29) is 6.10 Å². The van der Waals surface area contributed by atoms with E-state index in [1.165, 1.54) is 19.3 Å². The summed E-state index contributed by atoms with van der Waals surface area (Å²) in [5, 5.41) is 9.07. The first-order chi connectivity index (χ1) is 7.46. The Morgan fingerprint density at radius 1 is 1.31 bits per heavy atom. The van der Waals surface area contributed by atoms with E-state index in [1.807, 2.05) is 13.8 Å². The Hall–Kier alpha value is -0.570. The maximum absolute atomic E-state index is 11.0. The van der Waals surface area contributed by atoms with Crippen molar-refractivity contribution in [2.75, 3.05) is 0 Å². The highest BCUT2D eigenvalue weighted by Crippen LogP contribution is 2.20. The van der Waals surface area contributed by atoms with Gasteiger partial charge in [0.25, 0.3) is 0 Å². The fourth-order valence-corrected chi connectivity index (χ4v) is 1.65. The number of carboxylic acids is 1. The standard InChI is InChI=1S/C13H26O3/c1-5-7-8-9-10-11(3)16-13(4,6-2)12(14)15/h11H,5-10H2,1-4H3,(H,14,15). The zero-order valence-electron chi connectivity index (χ0n) is 11.1. The fraction of sp³-hybridized carbons (Fsp3) is 0.923. The average Bonchev–Trinajstić information content (AvgIpc) is 2.24. The van der Waals surface area contributed by atoms with Gasteiger partial charge in [0.05, 0.1) is 6.10 Å². The molecule has 2 unspecified atom stereocenters. The predicted octanol–water partition coefficient (Wildman–Crippen LogP) is 3.62. The quantitative estimate of drug-likeness (QED) is 0.615. The number of hydrogen-bond acceptors (Lipinski definition) is 2. The summed E-state index contributed by atoms with van der Waals surface area (Å²) in [5.41, 5.74) is -1.02. The Balaban J connectivity index is 3.92. The average molecular weight is 230 g/mol. The second-order valence-corrected chi connectivity index (χ2v) is 4.67. The second kappa shape index (κ2) is 7.66. The van der Waals surface area contributed by atoms with Gasteiger partial charge in [-0.1, -0.05) is 39.5 Å². The molecule has 0 bridgehead atoms. The van der Waals surface area contributed by atoms with Gasteiger partial charge < -0.3 is 9.84 Å². The maximum atomic E-state index is 11.0. The van der Waals surface area contributed by atoms with Gasteiger partial charge in [-0.05, 0) is 26.7 Å². The van der Waals surface area contributed by atoms with Crippen molar-refractivity contribution in [1.29, 1.82) is 0 Å². The third-order valence-electron chi connectivity index (χ3n) is 3.05. The van der Waals surface area contributed by atoms with Crippen LogP contribution in [0.5, 0.6) is 0 Å². The minimum atomic E-state index is -1.02. The molecule has 0 amide bonds. The normalized spacial score (nSPS) is 16.8. The molecule has 0 aliphatic heterocycles. The first-order valence-electron chi connectivity index (χ1n) is 6.37. The van der Waals surface area contributed by atoms with Crippen molar-refractivity contribution in [1.82, 2.24) is 0 Å². The summed E-state index contributed by atoms with van der Waals surface area (Å²) in [7, 11) is 0. The van der Waals surface area contributed by atoms with Crippen molar-refractivity contribution in [3.05, 3.63) is 0 Å². The van der Waals surface area contributed by atoms with Crippen LogP contribution in [-0.4, -0.2) is 22.8 Å². The highest BCUT2D eigenvalue weighted by atomic mass is 16.5. The Morgan fingerprint density at radius 2 is 1.94 bits per heavy atom. The summed E-state index contributed by atoms with van der Waals surface area (Å²) >= 11 is 0. The molecule has 0 saturated carbocycles. The molecule has 0 aromatic carbocycles. The van der Waals surface area contributed by atoms with E-state index in [4.69, 9.17) is 9.84 Å². The lowest BCUT2D eigenvalue weighted by molar-refractivity contribution is -0.171. The van der Waals surface area contributed by atoms with Gasteiger partial charge in [0.15, 0.2) is 5.60 Å². The maximum Gasteiger partial charge on any atom is 0.335 e. The van der Waals surface area contributed by atoms with Gasteiger partial charge in [-0.2, -0.15) is 0 Å². The van der Waals surface area contributed by atoms with Crippen LogP contribution in [-0.2, 0) is 9.53 Å². The van der Waals surface area contributed by atoms with E-state index in [2.05, 4.69) is 6.92 Å². The number of aliphatic carboxylic acids is 1. The predicted molar refractivity (Wildman–Crippen MR) is 65.6 cm³/mol. The molecule has 3 heteroatoms. The number of carboxylic acid groups (broad SMARTS) is 1. The molecule has 0 aromatic rings. The minimum Gasteiger partial charge on any atom is -0.479 e. The Kier molecular flexibility index (Phi) is 7.39. The molecule has 1 N–H and O–H groups in total. The zero-order valence-corrected chi connectivity index (χ0v) is 11.1. The number of carbonyl (C=O) groups is 1. The molecule has 0 aromatic heterocycles. The van der Waals surface area contributed by atoms with Gasteiger partial charge in [-0.3, -0.25) is 0 Å². The molecule has 3 nitrogen and oxygen atoms in total. The molecule has 96 valence electrons. The van der Waals surface area contributed by atoms with Crippen LogP contribution < -0.4 is 0 Å².